The van der Waals surface area contributed by atoms with Crippen molar-refractivity contribution in [3.8, 4) is 11.5 Å². The van der Waals surface area contributed by atoms with Crippen LogP contribution >= 0.6 is 0 Å². The summed E-state index contributed by atoms with van der Waals surface area (Å²) in [5, 5.41) is 9.86. The van der Waals surface area contributed by atoms with Gasteiger partial charge in [-0.25, -0.2) is 4.79 Å². The molecule has 0 radical (unpaired) electrons. The number of aromatic hydroxyl groups is 1. The van der Waals surface area contributed by atoms with Crippen LogP contribution in [0.3, 0.4) is 0 Å². The van der Waals surface area contributed by atoms with Crippen LogP contribution in [0.5, 0.6) is 11.5 Å². The minimum atomic E-state index is -0.545. The second-order valence-corrected chi connectivity index (χ2v) is 3.32. The average Bonchev–Trinajstić information content (AvgIpc) is 2.37. The van der Waals surface area contributed by atoms with E-state index in [-0.39, 0.29) is 29.2 Å². The Bertz CT molecular complexity index is 477. The largest absolute Gasteiger partial charge is 0.504 e. The van der Waals surface area contributed by atoms with Crippen molar-refractivity contribution in [1.82, 2.24) is 0 Å². The van der Waals surface area contributed by atoms with E-state index in [4.69, 9.17) is 9.47 Å². The van der Waals surface area contributed by atoms with Crippen LogP contribution in [0.15, 0.2) is 18.2 Å². The van der Waals surface area contributed by atoms with Gasteiger partial charge in [-0.3, -0.25) is 4.79 Å². The number of rotatable bonds is 5. The molecular formula is C13H14O5. The highest BCUT2D eigenvalue weighted by atomic mass is 16.5. The predicted octanol–water partition coefficient (Wildman–Crippen LogP) is 1.79. The summed E-state index contributed by atoms with van der Waals surface area (Å²) in [7, 11) is 1.40. The zero-order valence-electron chi connectivity index (χ0n) is 10.2. The van der Waals surface area contributed by atoms with Gasteiger partial charge in [-0.15, -0.1) is 0 Å². The molecule has 0 unspecified atom stereocenters. The van der Waals surface area contributed by atoms with E-state index >= 15 is 0 Å². The van der Waals surface area contributed by atoms with Crippen LogP contribution in [0, 0.1) is 0 Å². The Labute approximate surface area is 105 Å². The number of hydrogen-bond acceptors (Lipinski definition) is 5. The molecule has 0 amide bonds. The average molecular weight is 250 g/mol. The molecule has 1 aromatic rings. The monoisotopic (exact) mass is 250 g/mol. The van der Waals surface area contributed by atoms with E-state index in [0.717, 1.165) is 6.08 Å². The summed E-state index contributed by atoms with van der Waals surface area (Å²) < 4.78 is 9.63. The summed E-state index contributed by atoms with van der Waals surface area (Å²) >= 11 is 0. The summed E-state index contributed by atoms with van der Waals surface area (Å²) in [6, 6.07) is 2.97. The van der Waals surface area contributed by atoms with Gasteiger partial charge >= 0.3 is 5.97 Å². The summed E-state index contributed by atoms with van der Waals surface area (Å²) in [6.45, 7) is 1.94. The minimum Gasteiger partial charge on any atom is -0.504 e. The Morgan fingerprint density at radius 3 is 2.72 bits per heavy atom. The molecule has 0 saturated heterocycles. The third kappa shape index (κ3) is 3.10. The number of ether oxygens (including phenoxy) is 2. The smallest absolute Gasteiger partial charge is 0.330 e. The fourth-order valence-electron chi connectivity index (χ4n) is 1.39. The van der Waals surface area contributed by atoms with Crippen molar-refractivity contribution in [2.45, 2.75) is 6.92 Å². The van der Waals surface area contributed by atoms with E-state index in [9.17, 15) is 14.7 Å². The van der Waals surface area contributed by atoms with Crippen LogP contribution in [0.25, 0.3) is 6.08 Å². The molecule has 0 heterocycles. The SMILES string of the molecule is CCOC(=O)C=Cc1c(C=O)ccc(OC)c1O. The van der Waals surface area contributed by atoms with Gasteiger partial charge in [-0.05, 0) is 25.1 Å². The second-order valence-electron chi connectivity index (χ2n) is 3.32. The molecule has 0 bridgehead atoms. The third-order valence-corrected chi connectivity index (χ3v) is 2.23. The van der Waals surface area contributed by atoms with Gasteiger partial charge < -0.3 is 14.6 Å². The molecule has 18 heavy (non-hydrogen) atoms. The molecule has 0 aliphatic rings. The molecule has 0 saturated carbocycles. The zero-order chi connectivity index (χ0) is 13.5. The normalized spacial score (nSPS) is 10.3. The maximum Gasteiger partial charge on any atom is 0.330 e. The third-order valence-electron chi connectivity index (χ3n) is 2.23. The quantitative estimate of drug-likeness (QED) is 0.490. The van der Waals surface area contributed by atoms with Gasteiger partial charge in [0.2, 0.25) is 0 Å². The summed E-state index contributed by atoms with van der Waals surface area (Å²) in [5.74, 6) is -0.511. The predicted molar refractivity (Wildman–Crippen MR) is 65.7 cm³/mol. The Hall–Kier alpha value is -2.30. The number of hydrogen-bond donors (Lipinski definition) is 1. The lowest BCUT2D eigenvalue weighted by Gasteiger charge is -2.07. The number of carbonyl (C=O) groups is 2. The Morgan fingerprint density at radius 2 is 2.17 bits per heavy atom. The van der Waals surface area contributed by atoms with Crippen LogP contribution in [0.1, 0.15) is 22.8 Å². The van der Waals surface area contributed by atoms with Gasteiger partial charge in [0.05, 0.1) is 13.7 Å². The van der Waals surface area contributed by atoms with E-state index < -0.39 is 5.97 Å². The van der Waals surface area contributed by atoms with Crippen molar-refractivity contribution in [3.05, 3.63) is 29.3 Å². The van der Waals surface area contributed by atoms with E-state index in [2.05, 4.69) is 0 Å². The van der Waals surface area contributed by atoms with E-state index in [1.807, 2.05) is 0 Å². The van der Waals surface area contributed by atoms with Crippen LogP contribution in [-0.4, -0.2) is 31.1 Å². The number of benzene rings is 1. The standard InChI is InChI=1S/C13H14O5/c1-3-18-12(15)7-5-10-9(8-14)4-6-11(17-2)13(10)16/h4-8,16H,3H2,1-2H3. The number of carbonyl (C=O) groups excluding carboxylic acids is 2. The second kappa shape index (κ2) is 6.44. The van der Waals surface area contributed by atoms with E-state index in [1.54, 1.807) is 6.92 Å². The fraction of sp³-hybridized carbons (Fsp3) is 0.231. The molecular weight excluding hydrogens is 236 g/mol. The van der Waals surface area contributed by atoms with Crippen molar-refractivity contribution < 1.29 is 24.2 Å². The first-order chi connectivity index (χ1) is 8.63. The van der Waals surface area contributed by atoms with Crippen molar-refractivity contribution in [1.29, 1.82) is 0 Å². The molecule has 0 aliphatic carbocycles. The highest BCUT2D eigenvalue weighted by Crippen LogP contribution is 2.32. The maximum absolute atomic E-state index is 11.2. The van der Waals surface area contributed by atoms with Gasteiger partial charge in [0, 0.05) is 17.2 Å². The lowest BCUT2D eigenvalue weighted by molar-refractivity contribution is -0.137. The lowest BCUT2D eigenvalue weighted by Crippen LogP contribution is -1.99. The molecule has 96 valence electrons. The minimum absolute atomic E-state index is 0.192. The highest BCUT2D eigenvalue weighted by Gasteiger charge is 2.10. The first-order valence-electron chi connectivity index (χ1n) is 5.34. The molecule has 5 nitrogen and oxygen atoms in total. The molecule has 5 heteroatoms. The van der Waals surface area contributed by atoms with Crippen molar-refractivity contribution in [2.24, 2.45) is 0 Å². The number of aldehydes is 1. The Kier molecular flexibility index (Phi) is 4.92. The van der Waals surface area contributed by atoms with Gasteiger partial charge in [0.25, 0.3) is 0 Å². The molecule has 0 fully saturated rings. The molecule has 1 N–H and O–H groups in total. The van der Waals surface area contributed by atoms with Crippen molar-refractivity contribution in [3.63, 3.8) is 0 Å². The molecule has 0 atom stereocenters. The van der Waals surface area contributed by atoms with Gasteiger partial charge in [0.15, 0.2) is 17.8 Å². The molecule has 0 spiro atoms. The number of esters is 1. The topological polar surface area (TPSA) is 72.8 Å². The highest BCUT2D eigenvalue weighted by molar-refractivity contribution is 5.92. The summed E-state index contributed by atoms with van der Waals surface area (Å²) in [6.07, 6.45) is 3.05. The zero-order valence-corrected chi connectivity index (χ0v) is 10.2. The molecule has 1 aromatic carbocycles. The first-order valence-corrected chi connectivity index (χ1v) is 5.34. The van der Waals surface area contributed by atoms with Crippen LogP contribution < -0.4 is 4.74 Å². The van der Waals surface area contributed by atoms with Crippen LogP contribution in [0.2, 0.25) is 0 Å². The molecule has 0 aliphatic heterocycles. The van der Waals surface area contributed by atoms with E-state index in [1.165, 1.54) is 25.3 Å². The summed E-state index contributed by atoms with van der Waals surface area (Å²) in [4.78, 5) is 22.0. The van der Waals surface area contributed by atoms with Crippen LogP contribution in [0.4, 0.5) is 0 Å². The van der Waals surface area contributed by atoms with Crippen molar-refractivity contribution in [2.75, 3.05) is 13.7 Å². The lowest BCUT2D eigenvalue weighted by atomic mass is 10.1. The van der Waals surface area contributed by atoms with Crippen LogP contribution in [-0.2, 0) is 9.53 Å². The van der Waals surface area contributed by atoms with E-state index in [0.29, 0.717) is 6.29 Å². The van der Waals surface area contributed by atoms with Gasteiger partial charge in [0.1, 0.15) is 0 Å². The first kappa shape index (κ1) is 13.8. The summed E-state index contributed by atoms with van der Waals surface area (Å²) in [5.41, 5.74) is 0.478. The number of phenols is 1. The maximum atomic E-state index is 11.2. The van der Waals surface area contributed by atoms with Gasteiger partial charge in [-0.2, -0.15) is 0 Å². The van der Waals surface area contributed by atoms with Crippen molar-refractivity contribution >= 4 is 18.3 Å². The molecule has 1 rings (SSSR count). The molecule has 0 aromatic heterocycles. The number of phenolic OH excluding ortho intramolecular Hbond substituents is 1. The fourth-order valence-corrected chi connectivity index (χ4v) is 1.39. The van der Waals surface area contributed by atoms with Gasteiger partial charge in [-0.1, -0.05) is 0 Å². The Morgan fingerprint density at radius 1 is 1.44 bits per heavy atom. The Balaban J connectivity index is 3.13. The number of methoxy groups -OCH3 is 1.